The van der Waals surface area contributed by atoms with Crippen molar-refractivity contribution in [1.29, 1.82) is 0 Å². The fourth-order valence-electron chi connectivity index (χ4n) is 3.42. The molecule has 1 aromatic heterocycles. The molecular formula is C19H22N4O2S. The highest BCUT2D eigenvalue weighted by Gasteiger charge is 2.26. The maximum absolute atomic E-state index is 11.9. The van der Waals surface area contributed by atoms with Gasteiger partial charge in [-0.2, -0.15) is 0 Å². The molecule has 2 aliphatic rings. The number of carbonyl (C=O) groups excluding carboxylic acids is 1. The summed E-state index contributed by atoms with van der Waals surface area (Å²) < 4.78 is 5.15. The van der Waals surface area contributed by atoms with E-state index in [1.807, 2.05) is 6.92 Å². The van der Waals surface area contributed by atoms with Gasteiger partial charge in [0, 0.05) is 23.8 Å². The second kappa shape index (κ2) is 7.63. The summed E-state index contributed by atoms with van der Waals surface area (Å²) in [5.41, 5.74) is 2.35. The summed E-state index contributed by atoms with van der Waals surface area (Å²) in [4.78, 5) is 24.2. The van der Waals surface area contributed by atoms with Crippen molar-refractivity contribution in [2.75, 3.05) is 25.0 Å². The molecule has 1 N–H and O–H groups in total. The maximum atomic E-state index is 11.9. The number of piperidine rings is 1. The molecule has 0 saturated carbocycles. The quantitative estimate of drug-likeness (QED) is 0.705. The Morgan fingerprint density at radius 3 is 2.92 bits per heavy atom. The fourth-order valence-corrected chi connectivity index (χ4v) is 4.30. The molecule has 0 spiro atoms. The van der Waals surface area contributed by atoms with Gasteiger partial charge in [-0.25, -0.2) is 9.97 Å². The SMILES string of the molecule is CCOC(=O)C1CCN(Cc2ccc3c(c2)Nc2nccnc2S3)CC1. The summed E-state index contributed by atoms with van der Waals surface area (Å²) in [6, 6.07) is 6.51. The van der Waals surface area contributed by atoms with Gasteiger partial charge >= 0.3 is 5.97 Å². The maximum Gasteiger partial charge on any atom is 0.309 e. The van der Waals surface area contributed by atoms with Gasteiger partial charge in [-0.15, -0.1) is 0 Å². The van der Waals surface area contributed by atoms with Crippen molar-refractivity contribution in [1.82, 2.24) is 14.9 Å². The largest absolute Gasteiger partial charge is 0.466 e. The van der Waals surface area contributed by atoms with Crippen LogP contribution in [0.2, 0.25) is 0 Å². The lowest BCUT2D eigenvalue weighted by Gasteiger charge is -2.31. The van der Waals surface area contributed by atoms with Crippen LogP contribution in [-0.4, -0.2) is 40.5 Å². The lowest BCUT2D eigenvalue weighted by atomic mass is 9.96. The van der Waals surface area contributed by atoms with Crippen LogP contribution in [0, 0.1) is 5.92 Å². The first-order valence-corrected chi connectivity index (χ1v) is 9.82. The van der Waals surface area contributed by atoms with E-state index in [1.165, 1.54) is 10.5 Å². The predicted octanol–water partition coefficient (Wildman–Crippen LogP) is 3.46. The fraction of sp³-hybridized carbons (Fsp3) is 0.421. The zero-order valence-corrected chi connectivity index (χ0v) is 15.6. The molecule has 0 aliphatic carbocycles. The van der Waals surface area contributed by atoms with E-state index in [9.17, 15) is 4.79 Å². The van der Waals surface area contributed by atoms with Crippen molar-refractivity contribution in [3.05, 3.63) is 36.2 Å². The lowest BCUT2D eigenvalue weighted by molar-refractivity contribution is -0.149. The minimum Gasteiger partial charge on any atom is -0.466 e. The number of likely N-dealkylation sites (tertiary alicyclic amines) is 1. The number of nitrogens with zero attached hydrogens (tertiary/aromatic N) is 3. The van der Waals surface area contributed by atoms with Crippen LogP contribution in [0.15, 0.2) is 40.5 Å². The van der Waals surface area contributed by atoms with E-state index in [1.54, 1.807) is 24.2 Å². The Balaban J connectivity index is 1.38. The summed E-state index contributed by atoms with van der Waals surface area (Å²) in [7, 11) is 0. The molecule has 0 radical (unpaired) electrons. The zero-order chi connectivity index (χ0) is 17.9. The number of fused-ring (bicyclic) bond motifs is 2. The molecule has 1 saturated heterocycles. The summed E-state index contributed by atoms with van der Waals surface area (Å²) in [5, 5.41) is 4.29. The van der Waals surface area contributed by atoms with Gasteiger partial charge in [0.05, 0.1) is 18.2 Å². The number of hydrogen-bond acceptors (Lipinski definition) is 7. The predicted molar refractivity (Wildman–Crippen MR) is 101 cm³/mol. The van der Waals surface area contributed by atoms with E-state index in [4.69, 9.17) is 4.74 Å². The third-order valence-corrected chi connectivity index (χ3v) is 5.85. The average molecular weight is 370 g/mol. The van der Waals surface area contributed by atoms with Crippen LogP contribution in [-0.2, 0) is 16.1 Å². The molecule has 2 aromatic rings. The van der Waals surface area contributed by atoms with E-state index in [-0.39, 0.29) is 11.9 Å². The first-order chi connectivity index (χ1) is 12.7. The molecule has 0 unspecified atom stereocenters. The number of aromatic nitrogens is 2. The first kappa shape index (κ1) is 17.3. The molecule has 0 amide bonds. The van der Waals surface area contributed by atoms with Crippen LogP contribution >= 0.6 is 11.8 Å². The molecule has 26 heavy (non-hydrogen) atoms. The summed E-state index contributed by atoms with van der Waals surface area (Å²) in [6.45, 7) is 5.07. The van der Waals surface area contributed by atoms with Gasteiger partial charge in [0.2, 0.25) is 0 Å². The molecule has 0 atom stereocenters. The number of carbonyl (C=O) groups is 1. The molecule has 4 rings (SSSR count). The number of esters is 1. The van der Waals surface area contributed by atoms with Crippen molar-refractivity contribution >= 4 is 29.2 Å². The van der Waals surface area contributed by atoms with Crippen LogP contribution in [0.5, 0.6) is 0 Å². The Hall–Kier alpha value is -2.12. The van der Waals surface area contributed by atoms with Crippen LogP contribution in [0.4, 0.5) is 11.5 Å². The highest BCUT2D eigenvalue weighted by molar-refractivity contribution is 7.99. The second-order valence-electron chi connectivity index (χ2n) is 6.57. The smallest absolute Gasteiger partial charge is 0.309 e. The van der Waals surface area contributed by atoms with E-state index in [0.717, 1.165) is 49.0 Å². The molecule has 7 heteroatoms. The number of rotatable bonds is 4. The Morgan fingerprint density at radius 2 is 2.12 bits per heavy atom. The third kappa shape index (κ3) is 3.68. The van der Waals surface area contributed by atoms with Gasteiger partial charge in [0.1, 0.15) is 5.03 Å². The van der Waals surface area contributed by atoms with E-state index in [2.05, 4.69) is 38.4 Å². The number of ether oxygens (including phenoxy) is 1. The average Bonchev–Trinajstić information content (AvgIpc) is 2.67. The van der Waals surface area contributed by atoms with Crippen molar-refractivity contribution < 1.29 is 9.53 Å². The molecule has 0 bridgehead atoms. The Kier molecular flexibility index (Phi) is 5.08. The minimum atomic E-state index is -0.0399. The Bertz CT molecular complexity index is 806. The summed E-state index contributed by atoms with van der Waals surface area (Å²) in [5.74, 6) is 0.835. The number of anilines is 2. The molecule has 3 heterocycles. The van der Waals surface area contributed by atoms with E-state index >= 15 is 0 Å². The van der Waals surface area contributed by atoms with Gasteiger partial charge in [0.15, 0.2) is 5.82 Å². The highest BCUT2D eigenvalue weighted by atomic mass is 32.2. The van der Waals surface area contributed by atoms with Gasteiger partial charge < -0.3 is 10.1 Å². The third-order valence-electron chi connectivity index (χ3n) is 4.78. The lowest BCUT2D eigenvalue weighted by Crippen LogP contribution is -2.36. The standard InChI is InChI=1S/C19H22N4O2S/c1-2-25-19(24)14-5-9-23(10-6-14)12-13-3-4-16-15(11-13)22-17-18(26-16)21-8-7-20-17/h3-4,7-8,11,14H,2,5-6,9-10,12H2,1H3,(H,20,22). The Labute approximate surface area is 157 Å². The highest BCUT2D eigenvalue weighted by Crippen LogP contribution is 2.42. The van der Waals surface area contributed by atoms with Crippen LogP contribution < -0.4 is 5.32 Å². The van der Waals surface area contributed by atoms with E-state index in [0.29, 0.717) is 6.61 Å². The molecular weight excluding hydrogens is 348 g/mol. The van der Waals surface area contributed by atoms with Crippen LogP contribution in [0.1, 0.15) is 25.3 Å². The van der Waals surface area contributed by atoms with Gasteiger partial charge in [0.25, 0.3) is 0 Å². The second-order valence-corrected chi connectivity index (χ2v) is 7.60. The first-order valence-electron chi connectivity index (χ1n) is 9.00. The molecule has 2 aliphatic heterocycles. The molecule has 6 nitrogen and oxygen atoms in total. The topological polar surface area (TPSA) is 67.3 Å². The van der Waals surface area contributed by atoms with Crippen LogP contribution in [0.3, 0.4) is 0 Å². The molecule has 1 aromatic carbocycles. The number of benzene rings is 1. The monoisotopic (exact) mass is 370 g/mol. The normalized spacial score (nSPS) is 17.1. The van der Waals surface area contributed by atoms with Gasteiger partial charge in [-0.1, -0.05) is 17.8 Å². The molecule has 1 fully saturated rings. The summed E-state index contributed by atoms with van der Waals surface area (Å²) in [6.07, 6.45) is 5.17. The van der Waals surface area contributed by atoms with Gasteiger partial charge in [-0.3, -0.25) is 9.69 Å². The summed E-state index contributed by atoms with van der Waals surface area (Å²) >= 11 is 1.64. The molecule has 136 valence electrons. The van der Waals surface area contributed by atoms with Gasteiger partial charge in [-0.05, 0) is 50.6 Å². The van der Waals surface area contributed by atoms with Crippen molar-refractivity contribution in [2.24, 2.45) is 5.92 Å². The van der Waals surface area contributed by atoms with Crippen molar-refractivity contribution in [2.45, 2.75) is 36.2 Å². The zero-order valence-electron chi connectivity index (χ0n) is 14.8. The minimum absolute atomic E-state index is 0.0399. The number of hydrogen-bond donors (Lipinski definition) is 1. The Morgan fingerprint density at radius 1 is 1.31 bits per heavy atom. The van der Waals surface area contributed by atoms with Crippen molar-refractivity contribution in [3.8, 4) is 0 Å². The number of nitrogens with one attached hydrogen (secondary N) is 1. The van der Waals surface area contributed by atoms with Crippen molar-refractivity contribution in [3.63, 3.8) is 0 Å². The van der Waals surface area contributed by atoms with E-state index < -0.39 is 0 Å². The van der Waals surface area contributed by atoms with Crippen LogP contribution in [0.25, 0.3) is 0 Å².